The average molecular weight is 309 g/mol. The molecule has 21 heavy (non-hydrogen) atoms. The van der Waals surface area contributed by atoms with Crippen molar-refractivity contribution in [1.82, 2.24) is 9.29 Å². The number of pyridine rings is 1. The largest absolute Gasteiger partial charge is 0.396 e. The van der Waals surface area contributed by atoms with Gasteiger partial charge in [0.05, 0.1) is 6.54 Å². The monoisotopic (exact) mass is 309 g/mol. The van der Waals surface area contributed by atoms with Crippen molar-refractivity contribution < 1.29 is 13.5 Å². The van der Waals surface area contributed by atoms with Gasteiger partial charge in [-0.3, -0.25) is 4.98 Å². The van der Waals surface area contributed by atoms with E-state index < -0.39 is 10.0 Å². The van der Waals surface area contributed by atoms with E-state index in [1.54, 1.807) is 0 Å². The molecule has 1 atom stereocenters. The van der Waals surface area contributed by atoms with Gasteiger partial charge in [0.2, 0.25) is 10.0 Å². The Labute approximate surface area is 125 Å². The second-order valence-electron chi connectivity index (χ2n) is 4.95. The lowest BCUT2D eigenvalue weighted by Crippen LogP contribution is -2.29. The first kappa shape index (κ1) is 15.9. The summed E-state index contributed by atoms with van der Waals surface area (Å²) in [5.74, 6) is 5.68. The highest BCUT2D eigenvalue weighted by Gasteiger charge is 2.32. The van der Waals surface area contributed by atoms with Gasteiger partial charge in [-0.1, -0.05) is 11.8 Å². The van der Waals surface area contributed by atoms with Gasteiger partial charge in [0.1, 0.15) is 4.90 Å². The van der Waals surface area contributed by atoms with Gasteiger partial charge < -0.3 is 10.8 Å². The van der Waals surface area contributed by atoms with Crippen LogP contribution in [0.5, 0.6) is 0 Å². The van der Waals surface area contributed by atoms with E-state index >= 15 is 0 Å². The summed E-state index contributed by atoms with van der Waals surface area (Å²) in [6.45, 7) is 1.23. The quantitative estimate of drug-likeness (QED) is 0.750. The van der Waals surface area contributed by atoms with Crippen LogP contribution in [0.4, 0.5) is 0 Å². The van der Waals surface area contributed by atoms with Crippen molar-refractivity contribution in [3.05, 3.63) is 24.0 Å². The molecule has 3 N–H and O–H groups in total. The van der Waals surface area contributed by atoms with Crippen molar-refractivity contribution in [2.75, 3.05) is 26.2 Å². The Bertz CT molecular complexity index is 649. The van der Waals surface area contributed by atoms with Gasteiger partial charge in [0.15, 0.2) is 0 Å². The van der Waals surface area contributed by atoms with Crippen LogP contribution in [-0.2, 0) is 10.0 Å². The number of aromatic nitrogens is 1. The number of nitrogens with zero attached hydrogens (tertiary/aromatic N) is 2. The van der Waals surface area contributed by atoms with Crippen LogP contribution in [0, 0.1) is 17.8 Å². The summed E-state index contributed by atoms with van der Waals surface area (Å²) in [5, 5.41) is 8.95. The van der Waals surface area contributed by atoms with Crippen LogP contribution in [0.2, 0.25) is 0 Å². The number of hydrogen-bond acceptors (Lipinski definition) is 5. The molecule has 0 aromatic carbocycles. The molecular weight excluding hydrogens is 290 g/mol. The first-order valence-electron chi connectivity index (χ1n) is 6.83. The molecule has 1 fully saturated rings. The fourth-order valence-corrected chi connectivity index (χ4v) is 3.88. The maximum absolute atomic E-state index is 12.6. The Morgan fingerprint density at radius 3 is 3.00 bits per heavy atom. The van der Waals surface area contributed by atoms with Gasteiger partial charge in [-0.2, -0.15) is 4.31 Å². The third-order valence-corrected chi connectivity index (χ3v) is 5.30. The van der Waals surface area contributed by atoms with E-state index in [0.29, 0.717) is 25.1 Å². The Kier molecular flexibility index (Phi) is 5.31. The third-order valence-electron chi connectivity index (χ3n) is 3.47. The summed E-state index contributed by atoms with van der Waals surface area (Å²) < 4.78 is 26.6. The SMILES string of the molecule is NCC#Cc1cncc(S(=O)(=O)N2CCC(CCO)C2)c1. The lowest BCUT2D eigenvalue weighted by molar-refractivity contribution is 0.259. The average Bonchev–Trinajstić information content (AvgIpc) is 2.95. The molecule has 0 amide bonds. The number of aliphatic hydroxyl groups is 1. The Balaban J connectivity index is 2.20. The summed E-state index contributed by atoms with van der Waals surface area (Å²) >= 11 is 0. The number of aliphatic hydroxyl groups excluding tert-OH is 1. The predicted molar refractivity (Wildman–Crippen MR) is 78.7 cm³/mol. The van der Waals surface area contributed by atoms with E-state index in [9.17, 15) is 8.42 Å². The second kappa shape index (κ2) is 7.00. The zero-order chi connectivity index (χ0) is 15.3. The molecule has 2 heterocycles. The zero-order valence-electron chi connectivity index (χ0n) is 11.7. The Hall–Kier alpha value is -1.46. The summed E-state index contributed by atoms with van der Waals surface area (Å²) in [6, 6.07) is 1.52. The molecule has 1 saturated heterocycles. The highest BCUT2D eigenvalue weighted by molar-refractivity contribution is 7.89. The third kappa shape index (κ3) is 3.80. The molecule has 7 heteroatoms. The summed E-state index contributed by atoms with van der Waals surface area (Å²) in [7, 11) is -3.55. The van der Waals surface area contributed by atoms with E-state index in [1.165, 1.54) is 22.8 Å². The first-order valence-corrected chi connectivity index (χ1v) is 8.27. The summed E-state index contributed by atoms with van der Waals surface area (Å²) in [6.07, 6.45) is 4.26. The molecule has 0 spiro atoms. The molecule has 0 aliphatic carbocycles. The molecule has 0 radical (unpaired) electrons. The van der Waals surface area contributed by atoms with Gasteiger partial charge in [0, 0.05) is 37.7 Å². The van der Waals surface area contributed by atoms with Crippen molar-refractivity contribution in [2.24, 2.45) is 11.7 Å². The van der Waals surface area contributed by atoms with Crippen LogP contribution in [0.1, 0.15) is 18.4 Å². The van der Waals surface area contributed by atoms with Crippen LogP contribution in [-0.4, -0.2) is 49.1 Å². The molecule has 1 aromatic rings. The molecule has 0 saturated carbocycles. The van der Waals surface area contributed by atoms with Gasteiger partial charge in [-0.05, 0) is 24.8 Å². The molecule has 1 aliphatic rings. The second-order valence-corrected chi connectivity index (χ2v) is 6.88. The fourth-order valence-electron chi connectivity index (χ4n) is 2.36. The standard InChI is InChI=1S/C14H19N3O3S/c15-5-1-2-13-8-14(10-16-9-13)21(19,20)17-6-3-12(11-17)4-7-18/h8-10,12,18H,3-7,11,15H2. The van der Waals surface area contributed by atoms with Crippen LogP contribution in [0.15, 0.2) is 23.4 Å². The van der Waals surface area contributed by atoms with Crippen molar-refractivity contribution in [3.63, 3.8) is 0 Å². The van der Waals surface area contributed by atoms with Gasteiger partial charge in [0.25, 0.3) is 0 Å². The lowest BCUT2D eigenvalue weighted by Gasteiger charge is -2.16. The van der Waals surface area contributed by atoms with Gasteiger partial charge >= 0.3 is 0 Å². The first-order chi connectivity index (χ1) is 10.1. The smallest absolute Gasteiger partial charge is 0.244 e. The predicted octanol–water partition coefficient (Wildman–Crippen LogP) is -0.215. The van der Waals surface area contributed by atoms with Crippen molar-refractivity contribution in [3.8, 4) is 11.8 Å². The normalized spacial score (nSPS) is 19.2. The highest BCUT2D eigenvalue weighted by Crippen LogP contribution is 2.25. The summed E-state index contributed by atoms with van der Waals surface area (Å²) in [5.41, 5.74) is 5.84. The molecule has 114 valence electrons. The molecule has 6 nitrogen and oxygen atoms in total. The Morgan fingerprint density at radius 1 is 1.48 bits per heavy atom. The van der Waals surface area contributed by atoms with E-state index in [1.807, 2.05) is 0 Å². The molecule has 0 bridgehead atoms. The molecule has 1 aromatic heterocycles. The van der Waals surface area contributed by atoms with Crippen LogP contribution >= 0.6 is 0 Å². The van der Waals surface area contributed by atoms with Gasteiger partial charge in [-0.25, -0.2) is 8.42 Å². The van der Waals surface area contributed by atoms with Gasteiger partial charge in [-0.15, -0.1) is 0 Å². The minimum Gasteiger partial charge on any atom is -0.396 e. The van der Waals surface area contributed by atoms with Crippen molar-refractivity contribution in [2.45, 2.75) is 17.7 Å². The number of sulfonamides is 1. The number of hydrogen-bond donors (Lipinski definition) is 2. The van der Waals surface area contributed by atoms with E-state index in [-0.39, 0.29) is 24.0 Å². The fraction of sp³-hybridized carbons (Fsp3) is 0.500. The maximum Gasteiger partial charge on any atom is 0.244 e. The summed E-state index contributed by atoms with van der Waals surface area (Å²) in [4.78, 5) is 4.09. The molecule has 2 rings (SSSR count). The topological polar surface area (TPSA) is 96.5 Å². The number of nitrogens with two attached hydrogens (primary N) is 1. The van der Waals surface area contributed by atoms with Crippen LogP contribution < -0.4 is 5.73 Å². The van der Waals surface area contributed by atoms with Crippen molar-refractivity contribution >= 4 is 10.0 Å². The van der Waals surface area contributed by atoms with Crippen molar-refractivity contribution in [1.29, 1.82) is 0 Å². The molecular formula is C14H19N3O3S. The minimum atomic E-state index is -3.55. The van der Waals surface area contributed by atoms with Crippen LogP contribution in [0.25, 0.3) is 0 Å². The Morgan fingerprint density at radius 2 is 2.29 bits per heavy atom. The lowest BCUT2D eigenvalue weighted by atomic mass is 10.1. The molecule has 1 unspecified atom stereocenters. The van der Waals surface area contributed by atoms with E-state index in [4.69, 9.17) is 10.8 Å². The maximum atomic E-state index is 12.6. The van der Waals surface area contributed by atoms with E-state index in [0.717, 1.165) is 6.42 Å². The van der Waals surface area contributed by atoms with Crippen LogP contribution in [0.3, 0.4) is 0 Å². The highest BCUT2D eigenvalue weighted by atomic mass is 32.2. The number of rotatable bonds is 4. The zero-order valence-corrected chi connectivity index (χ0v) is 12.5. The minimum absolute atomic E-state index is 0.0876. The van der Waals surface area contributed by atoms with E-state index in [2.05, 4.69) is 16.8 Å². The molecule has 1 aliphatic heterocycles.